The summed E-state index contributed by atoms with van der Waals surface area (Å²) in [5.74, 6) is 0. The third kappa shape index (κ3) is 2.11. The summed E-state index contributed by atoms with van der Waals surface area (Å²) < 4.78 is 0. The van der Waals surface area contributed by atoms with E-state index < -0.39 is 0 Å². The molecule has 1 aliphatic carbocycles. The van der Waals surface area contributed by atoms with Crippen molar-refractivity contribution in [3.8, 4) is 0 Å². The minimum Gasteiger partial charge on any atom is -0.134 e. The summed E-state index contributed by atoms with van der Waals surface area (Å²) in [4.78, 5) is 0. The fourth-order valence-electron chi connectivity index (χ4n) is 1.29. The fourth-order valence-corrected chi connectivity index (χ4v) is 2.98. The van der Waals surface area contributed by atoms with Crippen LogP contribution in [-0.4, -0.2) is 17.0 Å². The predicted octanol–water partition coefficient (Wildman–Crippen LogP) is 1.90. The molecule has 1 saturated carbocycles. The third-order valence-electron chi connectivity index (χ3n) is 2.06. The van der Waals surface area contributed by atoms with E-state index in [1.807, 2.05) is 0 Å². The van der Waals surface area contributed by atoms with Gasteiger partial charge < -0.3 is 0 Å². The Bertz CT molecular complexity index is 84.3. The predicted molar refractivity (Wildman–Crippen MR) is 54.3 cm³/mol. The van der Waals surface area contributed by atoms with Gasteiger partial charge in [-0.3, -0.25) is 0 Å². The number of hydrogen-bond donors (Lipinski definition) is 0. The first-order valence-corrected chi connectivity index (χ1v) is 5.48. The van der Waals surface area contributed by atoms with Crippen molar-refractivity contribution in [2.75, 3.05) is 0 Å². The summed E-state index contributed by atoms with van der Waals surface area (Å²) in [6.07, 6.45) is 4.20. The Labute approximate surface area is 64.5 Å². The lowest BCUT2D eigenvalue weighted by Gasteiger charge is -2.30. The molecule has 5 atom stereocenters. The lowest BCUT2D eigenvalue weighted by Crippen LogP contribution is -2.28. The maximum Gasteiger partial charge on any atom is -0.0139 e. The first-order valence-electron chi connectivity index (χ1n) is 3.48. The van der Waals surface area contributed by atoms with Crippen molar-refractivity contribution in [3.63, 3.8) is 0 Å². The summed E-state index contributed by atoms with van der Waals surface area (Å²) in [5.41, 5.74) is 2.49. The van der Waals surface area contributed by atoms with Gasteiger partial charge in [-0.25, -0.2) is 0 Å². The summed E-state index contributed by atoms with van der Waals surface area (Å²) >= 11 is 0. The van der Waals surface area contributed by atoms with Crippen LogP contribution in [0, 0.1) is 0 Å². The van der Waals surface area contributed by atoms with Gasteiger partial charge in [0, 0.05) is 0 Å². The standard InChI is InChI=1S/C6H15P3/c7-4-2-1-3-5(8)6(4)9/h4-6H,1-3,7-9H2. The van der Waals surface area contributed by atoms with E-state index in [1.165, 1.54) is 19.3 Å². The van der Waals surface area contributed by atoms with Gasteiger partial charge in [-0.15, -0.1) is 27.7 Å². The van der Waals surface area contributed by atoms with E-state index in [0.717, 1.165) is 17.0 Å². The Balaban J connectivity index is 2.41. The van der Waals surface area contributed by atoms with Gasteiger partial charge >= 0.3 is 0 Å². The van der Waals surface area contributed by atoms with Crippen molar-refractivity contribution in [3.05, 3.63) is 0 Å². The maximum atomic E-state index is 2.94. The van der Waals surface area contributed by atoms with Crippen LogP contribution in [-0.2, 0) is 0 Å². The van der Waals surface area contributed by atoms with E-state index in [9.17, 15) is 0 Å². The molecule has 0 saturated heterocycles. The highest BCUT2D eigenvalue weighted by Gasteiger charge is 2.23. The van der Waals surface area contributed by atoms with E-state index in [-0.39, 0.29) is 0 Å². The molecule has 9 heavy (non-hydrogen) atoms. The largest absolute Gasteiger partial charge is 0.134 e. The second-order valence-electron chi connectivity index (χ2n) is 2.84. The minimum atomic E-state index is 0.814. The fraction of sp³-hybridized carbons (Fsp3) is 1.00. The molecule has 0 aliphatic heterocycles. The van der Waals surface area contributed by atoms with Crippen LogP contribution < -0.4 is 0 Å². The lowest BCUT2D eigenvalue weighted by atomic mass is 9.99. The molecule has 0 spiro atoms. The van der Waals surface area contributed by atoms with Crippen LogP contribution in [0.2, 0.25) is 0 Å². The first-order chi connectivity index (χ1) is 4.22. The molecular weight excluding hydrogens is 165 g/mol. The van der Waals surface area contributed by atoms with Gasteiger partial charge in [0.15, 0.2) is 0 Å². The average Bonchev–Trinajstić information content (AvgIpc) is 1.83. The second-order valence-corrected chi connectivity index (χ2v) is 5.32. The summed E-state index contributed by atoms with van der Waals surface area (Å²) in [7, 11) is 8.81. The molecule has 1 rings (SSSR count). The molecule has 0 radical (unpaired) electrons. The normalized spacial score (nSPS) is 45.0. The molecule has 1 aliphatic rings. The smallest absolute Gasteiger partial charge is 0.0139 e. The molecule has 0 heterocycles. The first kappa shape index (κ1) is 8.39. The van der Waals surface area contributed by atoms with Crippen LogP contribution in [0.25, 0.3) is 0 Å². The Kier molecular flexibility index (Phi) is 3.37. The molecule has 1 fully saturated rings. The zero-order valence-electron chi connectivity index (χ0n) is 5.59. The third-order valence-corrected chi connectivity index (χ3v) is 5.50. The van der Waals surface area contributed by atoms with Gasteiger partial charge in [0.05, 0.1) is 0 Å². The Morgan fingerprint density at radius 3 is 1.67 bits per heavy atom. The molecular formula is C6H15P3. The van der Waals surface area contributed by atoms with E-state index in [4.69, 9.17) is 0 Å². The minimum absolute atomic E-state index is 0.814. The Hall–Kier alpha value is 1.29. The van der Waals surface area contributed by atoms with Crippen LogP contribution in [0.4, 0.5) is 0 Å². The highest BCUT2D eigenvalue weighted by Crippen LogP contribution is 2.34. The monoisotopic (exact) mass is 180 g/mol. The summed E-state index contributed by atoms with van der Waals surface area (Å²) in [6.45, 7) is 0. The number of hydrogen-bond acceptors (Lipinski definition) is 0. The van der Waals surface area contributed by atoms with E-state index in [0.29, 0.717) is 0 Å². The van der Waals surface area contributed by atoms with Gasteiger partial charge in [-0.2, -0.15) is 0 Å². The molecule has 0 bridgehead atoms. The van der Waals surface area contributed by atoms with E-state index in [1.54, 1.807) is 0 Å². The van der Waals surface area contributed by atoms with Crippen molar-refractivity contribution < 1.29 is 0 Å². The lowest BCUT2D eigenvalue weighted by molar-refractivity contribution is 0.539. The van der Waals surface area contributed by atoms with Crippen LogP contribution in [0.3, 0.4) is 0 Å². The van der Waals surface area contributed by atoms with Crippen LogP contribution >= 0.6 is 27.7 Å². The van der Waals surface area contributed by atoms with Crippen LogP contribution in [0.15, 0.2) is 0 Å². The molecule has 0 nitrogen and oxygen atoms in total. The molecule has 0 N–H and O–H groups in total. The molecule has 0 aromatic heterocycles. The van der Waals surface area contributed by atoms with Gasteiger partial charge in [-0.1, -0.05) is 6.42 Å². The van der Waals surface area contributed by atoms with Gasteiger partial charge in [-0.05, 0) is 29.8 Å². The van der Waals surface area contributed by atoms with Crippen molar-refractivity contribution in [2.45, 2.75) is 36.2 Å². The molecule has 3 heteroatoms. The van der Waals surface area contributed by atoms with Gasteiger partial charge in [0.1, 0.15) is 0 Å². The second kappa shape index (κ2) is 3.61. The zero-order valence-corrected chi connectivity index (χ0v) is 9.05. The molecule has 0 aromatic rings. The molecule has 0 aromatic carbocycles. The van der Waals surface area contributed by atoms with Crippen molar-refractivity contribution in [1.29, 1.82) is 0 Å². The Morgan fingerprint density at radius 1 is 0.889 bits per heavy atom. The zero-order chi connectivity index (χ0) is 6.85. The molecule has 5 unspecified atom stereocenters. The van der Waals surface area contributed by atoms with Crippen LogP contribution in [0.1, 0.15) is 19.3 Å². The van der Waals surface area contributed by atoms with E-state index >= 15 is 0 Å². The highest BCUT2D eigenvalue weighted by atomic mass is 31.0. The topological polar surface area (TPSA) is 0 Å². The molecule has 54 valence electrons. The summed E-state index contributed by atoms with van der Waals surface area (Å²) in [5, 5.41) is 0. The Morgan fingerprint density at radius 2 is 1.33 bits per heavy atom. The van der Waals surface area contributed by atoms with Crippen LogP contribution in [0.5, 0.6) is 0 Å². The maximum absolute atomic E-state index is 2.94. The average molecular weight is 180 g/mol. The quantitative estimate of drug-likeness (QED) is 0.499. The van der Waals surface area contributed by atoms with Crippen molar-refractivity contribution in [1.82, 2.24) is 0 Å². The summed E-state index contributed by atoms with van der Waals surface area (Å²) in [6, 6.07) is 0. The van der Waals surface area contributed by atoms with E-state index in [2.05, 4.69) is 27.7 Å². The highest BCUT2D eigenvalue weighted by molar-refractivity contribution is 7.26. The van der Waals surface area contributed by atoms with Gasteiger partial charge in [0.25, 0.3) is 0 Å². The SMILES string of the molecule is PC1CCCC(P)C1P. The van der Waals surface area contributed by atoms with Crippen molar-refractivity contribution >= 4 is 27.7 Å². The van der Waals surface area contributed by atoms with Crippen molar-refractivity contribution in [2.24, 2.45) is 0 Å². The van der Waals surface area contributed by atoms with Gasteiger partial charge in [0.2, 0.25) is 0 Å². The number of rotatable bonds is 0. The molecule has 0 amide bonds.